The minimum atomic E-state index is 0.0346. The van der Waals surface area contributed by atoms with Gasteiger partial charge in [-0.2, -0.15) is 0 Å². The quantitative estimate of drug-likeness (QED) is 0.787. The number of amides is 2. The fourth-order valence-electron chi connectivity index (χ4n) is 4.21. The van der Waals surface area contributed by atoms with E-state index in [0.717, 1.165) is 37.9 Å². The van der Waals surface area contributed by atoms with Crippen molar-refractivity contribution >= 4 is 11.8 Å². The molecular weight excluding hydrogens is 328 g/mol. The third kappa shape index (κ3) is 4.99. The van der Waals surface area contributed by atoms with Crippen molar-refractivity contribution in [2.24, 2.45) is 0 Å². The molecule has 2 aliphatic rings. The number of rotatable bonds is 7. The van der Waals surface area contributed by atoms with E-state index in [1.54, 1.807) is 7.11 Å². The molecule has 0 radical (unpaired) electrons. The smallest absolute Gasteiger partial charge is 0.221 e. The zero-order chi connectivity index (χ0) is 18.4. The molecule has 5 nitrogen and oxygen atoms in total. The van der Waals surface area contributed by atoms with Crippen molar-refractivity contribution < 1.29 is 14.3 Å². The highest BCUT2D eigenvalue weighted by Gasteiger charge is 2.23. The van der Waals surface area contributed by atoms with Crippen molar-refractivity contribution in [2.75, 3.05) is 13.7 Å². The van der Waals surface area contributed by atoms with Crippen LogP contribution in [0, 0.1) is 0 Å². The number of methoxy groups -OCH3 is 1. The highest BCUT2D eigenvalue weighted by Crippen LogP contribution is 2.35. The molecule has 2 amide bonds. The number of fused-ring (bicyclic) bond motifs is 1. The maximum absolute atomic E-state index is 12.3. The number of nitrogens with one attached hydrogen (secondary N) is 2. The molecule has 1 fully saturated rings. The van der Waals surface area contributed by atoms with Crippen LogP contribution >= 0.6 is 0 Å². The largest absolute Gasteiger partial charge is 0.497 e. The molecule has 0 bridgehead atoms. The van der Waals surface area contributed by atoms with Crippen LogP contribution in [0.4, 0.5) is 0 Å². The third-order valence-corrected chi connectivity index (χ3v) is 5.61. The maximum Gasteiger partial charge on any atom is 0.221 e. The fraction of sp³-hybridized carbons (Fsp3) is 0.619. The molecule has 0 aromatic heterocycles. The van der Waals surface area contributed by atoms with Crippen molar-refractivity contribution in [3.8, 4) is 5.75 Å². The van der Waals surface area contributed by atoms with Gasteiger partial charge in [0.25, 0.3) is 0 Å². The SMILES string of the molecule is COc1ccc2c(c1)CCCC2CC(=O)NCCC(=O)NC1CCCC1. The molecule has 0 aliphatic heterocycles. The van der Waals surface area contributed by atoms with E-state index in [4.69, 9.17) is 4.74 Å². The van der Waals surface area contributed by atoms with Gasteiger partial charge in [0, 0.05) is 25.4 Å². The standard InChI is InChI=1S/C21H30N2O3/c1-26-18-9-10-19-15(13-18)5-4-6-16(19)14-21(25)22-12-11-20(24)23-17-7-2-3-8-17/h9-10,13,16-17H,2-8,11-12,14H2,1H3,(H,22,25)(H,23,24). The lowest BCUT2D eigenvalue weighted by molar-refractivity contribution is -0.122. The number of aryl methyl sites for hydroxylation is 1. The number of benzene rings is 1. The van der Waals surface area contributed by atoms with Gasteiger partial charge >= 0.3 is 0 Å². The van der Waals surface area contributed by atoms with Gasteiger partial charge in [0.1, 0.15) is 5.75 Å². The Morgan fingerprint density at radius 1 is 1.12 bits per heavy atom. The molecule has 1 unspecified atom stereocenters. The topological polar surface area (TPSA) is 67.4 Å². The highest BCUT2D eigenvalue weighted by molar-refractivity contribution is 5.79. The molecule has 0 spiro atoms. The minimum Gasteiger partial charge on any atom is -0.497 e. The molecule has 1 saturated carbocycles. The number of carbonyl (C=O) groups excluding carboxylic acids is 2. The van der Waals surface area contributed by atoms with Gasteiger partial charge < -0.3 is 15.4 Å². The maximum atomic E-state index is 12.3. The van der Waals surface area contributed by atoms with E-state index in [2.05, 4.69) is 22.8 Å². The first-order valence-corrected chi connectivity index (χ1v) is 9.88. The second kappa shape index (κ2) is 9.06. The van der Waals surface area contributed by atoms with E-state index in [1.165, 1.54) is 24.0 Å². The summed E-state index contributed by atoms with van der Waals surface area (Å²) in [5, 5.41) is 5.97. The van der Waals surface area contributed by atoms with Crippen molar-refractivity contribution in [3.63, 3.8) is 0 Å². The normalized spacial score (nSPS) is 19.7. The molecule has 0 saturated heterocycles. The van der Waals surface area contributed by atoms with Crippen molar-refractivity contribution in [1.82, 2.24) is 10.6 Å². The molecular formula is C21H30N2O3. The van der Waals surface area contributed by atoms with Crippen LogP contribution in [0.1, 0.15) is 68.4 Å². The van der Waals surface area contributed by atoms with Gasteiger partial charge in [-0.15, -0.1) is 0 Å². The predicted molar refractivity (Wildman–Crippen MR) is 101 cm³/mol. The van der Waals surface area contributed by atoms with Gasteiger partial charge in [-0.25, -0.2) is 0 Å². The van der Waals surface area contributed by atoms with E-state index in [9.17, 15) is 9.59 Å². The highest BCUT2D eigenvalue weighted by atomic mass is 16.5. The predicted octanol–water partition coefficient (Wildman–Crippen LogP) is 3.07. The van der Waals surface area contributed by atoms with Gasteiger partial charge in [0.05, 0.1) is 7.11 Å². The Hall–Kier alpha value is -2.04. The van der Waals surface area contributed by atoms with Crippen LogP contribution in [-0.2, 0) is 16.0 Å². The van der Waals surface area contributed by atoms with Crippen LogP contribution < -0.4 is 15.4 Å². The van der Waals surface area contributed by atoms with Gasteiger partial charge in [0.15, 0.2) is 0 Å². The van der Waals surface area contributed by atoms with Crippen LogP contribution in [0.3, 0.4) is 0 Å². The van der Waals surface area contributed by atoms with Crippen molar-refractivity contribution in [3.05, 3.63) is 29.3 Å². The Bertz CT molecular complexity index is 638. The summed E-state index contributed by atoms with van der Waals surface area (Å²) < 4.78 is 5.30. The lowest BCUT2D eigenvalue weighted by atomic mass is 9.81. The fourth-order valence-corrected chi connectivity index (χ4v) is 4.21. The number of ether oxygens (including phenoxy) is 1. The average molecular weight is 358 g/mol. The van der Waals surface area contributed by atoms with Gasteiger partial charge in [-0.3, -0.25) is 9.59 Å². The number of hydrogen-bond acceptors (Lipinski definition) is 3. The second-order valence-corrected chi connectivity index (χ2v) is 7.51. The minimum absolute atomic E-state index is 0.0346. The van der Waals surface area contributed by atoms with Gasteiger partial charge in [-0.05, 0) is 61.3 Å². The van der Waals surface area contributed by atoms with Crippen LogP contribution in [0.5, 0.6) is 5.75 Å². The van der Waals surface area contributed by atoms with E-state index >= 15 is 0 Å². The summed E-state index contributed by atoms with van der Waals surface area (Å²) in [7, 11) is 1.68. The van der Waals surface area contributed by atoms with E-state index in [1.807, 2.05) is 6.07 Å². The average Bonchev–Trinajstić information content (AvgIpc) is 3.14. The molecule has 1 aromatic rings. The Labute approximate surface area is 155 Å². The molecule has 3 rings (SSSR count). The molecule has 2 aliphatic carbocycles. The molecule has 0 heterocycles. The monoisotopic (exact) mass is 358 g/mol. The Balaban J connectivity index is 1.43. The van der Waals surface area contributed by atoms with Crippen molar-refractivity contribution in [1.29, 1.82) is 0 Å². The van der Waals surface area contributed by atoms with Crippen LogP contribution in [0.2, 0.25) is 0 Å². The zero-order valence-corrected chi connectivity index (χ0v) is 15.7. The lowest BCUT2D eigenvalue weighted by Crippen LogP contribution is -2.35. The first-order chi connectivity index (χ1) is 12.7. The number of hydrogen-bond donors (Lipinski definition) is 2. The first kappa shape index (κ1) is 18.7. The first-order valence-electron chi connectivity index (χ1n) is 9.88. The van der Waals surface area contributed by atoms with Gasteiger partial charge in [-0.1, -0.05) is 18.9 Å². The van der Waals surface area contributed by atoms with E-state index in [0.29, 0.717) is 25.4 Å². The molecule has 1 atom stereocenters. The van der Waals surface area contributed by atoms with E-state index < -0.39 is 0 Å². The molecule has 142 valence electrons. The van der Waals surface area contributed by atoms with Crippen molar-refractivity contribution in [2.45, 2.75) is 69.7 Å². The van der Waals surface area contributed by atoms with Crippen LogP contribution in [0.25, 0.3) is 0 Å². The summed E-state index contributed by atoms with van der Waals surface area (Å²) in [4.78, 5) is 24.2. The summed E-state index contributed by atoms with van der Waals surface area (Å²) >= 11 is 0. The molecule has 26 heavy (non-hydrogen) atoms. The van der Waals surface area contributed by atoms with Crippen LogP contribution in [0.15, 0.2) is 18.2 Å². The molecule has 5 heteroatoms. The summed E-state index contributed by atoms with van der Waals surface area (Å²) in [6.07, 6.45) is 8.62. The second-order valence-electron chi connectivity index (χ2n) is 7.51. The Morgan fingerprint density at radius 2 is 1.92 bits per heavy atom. The Morgan fingerprint density at radius 3 is 2.69 bits per heavy atom. The van der Waals surface area contributed by atoms with Crippen LogP contribution in [-0.4, -0.2) is 31.5 Å². The number of carbonyl (C=O) groups is 2. The molecule has 1 aromatic carbocycles. The third-order valence-electron chi connectivity index (χ3n) is 5.61. The summed E-state index contributed by atoms with van der Waals surface area (Å²) in [5.74, 6) is 1.22. The summed E-state index contributed by atoms with van der Waals surface area (Å²) in [6, 6.07) is 6.50. The summed E-state index contributed by atoms with van der Waals surface area (Å²) in [5.41, 5.74) is 2.57. The zero-order valence-electron chi connectivity index (χ0n) is 15.7. The lowest BCUT2D eigenvalue weighted by Gasteiger charge is -2.25. The van der Waals surface area contributed by atoms with Gasteiger partial charge in [0.2, 0.25) is 11.8 Å². The molecule has 2 N–H and O–H groups in total. The van der Waals surface area contributed by atoms with E-state index in [-0.39, 0.29) is 17.7 Å². The summed E-state index contributed by atoms with van der Waals surface area (Å²) in [6.45, 7) is 0.416. The Kier molecular flexibility index (Phi) is 6.53.